The van der Waals surface area contributed by atoms with Crippen LogP contribution in [0.2, 0.25) is 5.02 Å². The number of alkyl halides is 3. The molecule has 8 heteroatoms. The Labute approximate surface area is 216 Å². The molecule has 0 amide bonds. The van der Waals surface area contributed by atoms with Crippen molar-refractivity contribution in [2.75, 3.05) is 0 Å². The van der Waals surface area contributed by atoms with Crippen molar-refractivity contribution in [1.82, 2.24) is 10.2 Å². The maximum absolute atomic E-state index is 12.8. The van der Waals surface area contributed by atoms with E-state index in [-0.39, 0.29) is 17.9 Å². The van der Waals surface area contributed by atoms with Crippen molar-refractivity contribution in [2.24, 2.45) is 0 Å². The molecule has 0 aliphatic heterocycles. The normalized spacial score (nSPS) is 11.5. The summed E-state index contributed by atoms with van der Waals surface area (Å²) in [7, 11) is 0. The van der Waals surface area contributed by atoms with E-state index in [0.717, 1.165) is 27.8 Å². The minimum absolute atomic E-state index is 0.103. The Morgan fingerprint density at radius 3 is 2.35 bits per heavy atom. The number of hydrogen-bond donors (Lipinski definition) is 0. The number of nitrogens with zero attached hydrogens (tertiary/aromatic N) is 2. The van der Waals surface area contributed by atoms with Gasteiger partial charge in [-0.15, -0.1) is 18.3 Å². The van der Waals surface area contributed by atoms with Crippen LogP contribution in [0.15, 0.2) is 97.1 Å². The van der Waals surface area contributed by atoms with Crippen LogP contribution < -0.4 is 9.47 Å². The topological polar surface area (TPSA) is 44.2 Å². The Balaban J connectivity index is 1.50. The molecule has 1 aromatic heterocycles. The van der Waals surface area contributed by atoms with E-state index in [1.165, 1.54) is 18.2 Å². The molecule has 0 bridgehead atoms. The van der Waals surface area contributed by atoms with E-state index < -0.39 is 6.36 Å². The molecule has 0 radical (unpaired) electrons. The van der Waals surface area contributed by atoms with Gasteiger partial charge in [-0.2, -0.15) is 5.10 Å². The zero-order chi connectivity index (χ0) is 25.8. The zero-order valence-corrected chi connectivity index (χ0v) is 20.1. The maximum atomic E-state index is 12.8. The smallest absolute Gasteiger partial charge is 0.489 e. The summed E-state index contributed by atoms with van der Waals surface area (Å²) in [6.45, 7) is -0.103. The number of ether oxygens (including phenoxy) is 2. The number of fused-ring (bicyclic) bond motifs is 1. The number of halogens is 4. The molecule has 1 heterocycles. The highest BCUT2D eigenvalue weighted by Gasteiger charge is 2.32. The van der Waals surface area contributed by atoms with Crippen LogP contribution in [0, 0.1) is 0 Å². The van der Waals surface area contributed by atoms with Gasteiger partial charge in [0.15, 0.2) is 0 Å². The Hall–Kier alpha value is -4.10. The van der Waals surface area contributed by atoms with E-state index in [1.807, 2.05) is 60.7 Å². The lowest BCUT2D eigenvalue weighted by Crippen LogP contribution is -2.18. The molecule has 37 heavy (non-hydrogen) atoms. The average molecular weight is 521 g/mol. The predicted molar refractivity (Wildman–Crippen MR) is 137 cm³/mol. The lowest BCUT2D eigenvalue weighted by Gasteiger charge is -2.15. The highest BCUT2D eigenvalue weighted by molar-refractivity contribution is 6.35. The molecule has 0 spiro atoms. The van der Waals surface area contributed by atoms with E-state index in [9.17, 15) is 13.2 Å². The van der Waals surface area contributed by atoms with E-state index in [2.05, 4.69) is 14.9 Å². The summed E-state index contributed by atoms with van der Waals surface area (Å²) in [5.41, 5.74) is 4.39. The van der Waals surface area contributed by atoms with Crippen LogP contribution in [0.5, 0.6) is 11.5 Å². The zero-order valence-electron chi connectivity index (χ0n) is 19.4. The third-order valence-electron chi connectivity index (χ3n) is 5.75. The van der Waals surface area contributed by atoms with Gasteiger partial charge in [0.2, 0.25) is 0 Å². The molecule has 0 unspecified atom stereocenters. The van der Waals surface area contributed by atoms with E-state index in [1.54, 1.807) is 18.2 Å². The third-order valence-corrected chi connectivity index (χ3v) is 6.05. The monoisotopic (exact) mass is 520 g/mol. The molecule has 0 saturated heterocycles. The minimum atomic E-state index is -4.79. The van der Waals surface area contributed by atoms with Gasteiger partial charge in [0, 0.05) is 22.9 Å². The first-order valence-electron chi connectivity index (χ1n) is 11.4. The van der Waals surface area contributed by atoms with Crippen molar-refractivity contribution in [1.29, 1.82) is 0 Å². The van der Waals surface area contributed by atoms with Crippen LogP contribution in [0.1, 0.15) is 16.8 Å². The van der Waals surface area contributed by atoms with E-state index in [4.69, 9.17) is 16.3 Å². The first-order chi connectivity index (χ1) is 17.9. The molecule has 4 nitrogen and oxygen atoms in total. The molecule has 4 aromatic carbocycles. The van der Waals surface area contributed by atoms with Crippen LogP contribution in [0.3, 0.4) is 0 Å². The molecular weight excluding hydrogens is 501 g/mol. The molecule has 0 N–H and O–H groups in total. The number of hydrogen-bond acceptors (Lipinski definition) is 4. The van der Waals surface area contributed by atoms with Crippen molar-refractivity contribution in [3.63, 3.8) is 0 Å². The molecule has 0 aliphatic rings. The molecule has 0 aliphatic carbocycles. The number of aromatic nitrogens is 2. The molecule has 5 rings (SSSR count). The summed E-state index contributed by atoms with van der Waals surface area (Å²) in [5.74, 6) is 0.187. The second-order valence-corrected chi connectivity index (χ2v) is 8.70. The van der Waals surface area contributed by atoms with Crippen LogP contribution in [0.4, 0.5) is 13.2 Å². The van der Waals surface area contributed by atoms with Gasteiger partial charge >= 0.3 is 6.36 Å². The van der Waals surface area contributed by atoms with E-state index >= 15 is 0 Å². The summed E-state index contributed by atoms with van der Waals surface area (Å²) in [6.07, 6.45) is -4.24. The molecule has 0 saturated carbocycles. The van der Waals surface area contributed by atoms with Crippen LogP contribution in [-0.2, 0) is 13.0 Å². The first-order valence-corrected chi connectivity index (χ1v) is 11.8. The number of benzene rings is 4. The van der Waals surface area contributed by atoms with Crippen LogP contribution >= 0.6 is 11.6 Å². The van der Waals surface area contributed by atoms with E-state index in [0.29, 0.717) is 22.7 Å². The second-order valence-electron chi connectivity index (χ2n) is 8.29. The average Bonchev–Trinajstić information content (AvgIpc) is 2.88. The fourth-order valence-corrected chi connectivity index (χ4v) is 4.33. The maximum Gasteiger partial charge on any atom is 0.573 e. The Bertz CT molecular complexity index is 1540. The Kier molecular flexibility index (Phi) is 6.97. The summed E-state index contributed by atoms with van der Waals surface area (Å²) in [4.78, 5) is 0. The third kappa shape index (κ3) is 5.84. The Morgan fingerprint density at radius 2 is 1.54 bits per heavy atom. The van der Waals surface area contributed by atoms with Gasteiger partial charge in [-0.05, 0) is 35.4 Å². The van der Waals surface area contributed by atoms with Crippen molar-refractivity contribution in [3.8, 4) is 22.6 Å². The largest absolute Gasteiger partial charge is 0.573 e. The molecule has 0 fully saturated rings. The Morgan fingerprint density at radius 1 is 0.784 bits per heavy atom. The highest BCUT2D eigenvalue weighted by atomic mass is 35.5. The summed E-state index contributed by atoms with van der Waals surface area (Å²) >= 11 is 6.42. The van der Waals surface area contributed by atoms with Gasteiger partial charge in [-0.1, -0.05) is 84.4 Å². The van der Waals surface area contributed by atoms with Gasteiger partial charge in [0.25, 0.3) is 0 Å². The van der Waals surface area contributed by atoms with Gasteiger partial charge < -0.3 is 9.47 Å². The SMILES string of the molecule is FC(F)(F)Oc1ccccc1COc1cccc(-c2c(Cc3ccccc3)nnc3c(Cl)cccc23)c1. The molecule has 0 atom stereocenters. The first kappa shape index (κ1) is 24.6. The number of rotatable bonds is 7. The fraction of sp³-hybridized carbons (Fsp3) is 0.103. The fourth-order valence-electron chi connectivity index (χ4n) is 4.12. The van der Waals surface area contributed by atoms with Crippen molar-refractivity contribution in [2.45, 2.75) is 19.4 Å². The predicted octanol–water partition coefficient (Wildman–Crippen LogP) is 8.02. The van der Waals surface area contributed by atoms with Crippen LogP contribution in [-0.4, -0.2) is 16.6 Å². The second kappa shape index (κ2) is 10.5. The molecule has 5 aromatic rings. The lowest BCUT2D eigenvalue weighted by atomic mass is 9.96. The summed E-state index contributed by atoms with van der Waals surface area (Å²) in [5, 5.41) is 10.2. The number of para-hydroxylation sites is 1. The summed E-state index contributed by atoms with van der Waals surface area (Å²) in [6, 6.07) is 28.7. The van der Waals surface area contributed by atoms with Gasteiger partial charge in [-0.3, -0.25) is 0 Å². The molecule has 186 valence electrons. The van der Waals surface area contributed by atoms with Crippen LogP contribution in [0.25, 0.3) is 22.0 Å². The van der Waals surface area contributed by atoms with Crippen molar-refractivity contribution in [3.05, 3.63) is 119 Å². The van der Waals surface area contributed by atoms with Gasteiger partial charge in [0.1, 0.15) is 23.6 Å². The molecular formula is C29H20ClF3N2O2. The van der Waals surface area contributed by atoms with Crippen molar-refractivity contribution < 1.29 is 22.6 Å². The standard InChI is InChI=1S/C29H20ClF3N2O2/c30-24-14-7-13-23-27(25(34-35-28(23)24)16-19-8-2-1-3-9-19)20-11-6-12-22(17-20)36-18-21-10-4-5-15-26(21)37-29(31,32)33/h1-15,17H,16,18H2. The summed E-state index contributed by atoms with van der Waals surface area (Å²) < 4.78 is 48.4. The highest BCUT2D eigenvalue weighted by Crippen LogP contribution is 2.35. The lowest BCUT2D eigenvalue weighted by molar-refractivity contribution is -0.275. The van der Waals surface area contributed by atoms with Gasteiger partial charge in [-0.25, -0.2) is 0 Å². The van der Waals surface area contributed by atoms with Gasteiger partial charge in [0.05, 0.1) is 10.7 Å². The quantitative estimate of drug-likeness (QED) is 0.218. The van der Waals surface area contributed by atoms with Crippen molar-refractivity contribution >= 4 is 22.5 Å². The minimum Gasteiger partial charge on any atom is -0.489 e.